The summed E-state index contributed by atoms with van der Waals surface area (Å²) in [6, 6.07) is 3.08. The Labute approximate surface area is 120 Å². The van der Waals surface area contributed by atoms with E-state index >= 15 is 0 Å². The van der Waals surface area contributed by atoms with Crippen molar-refractivity contribution in [2.24, 2.45) is 0 Å². The summed E-state index contributed by atoms with van der Waals surface area (Å²) in [6.45, 7) is 1.55. The number of nitrogens with one attached hydrogen (secondary N) is 1. The van der Waals surface area contributed by atoms with Crippen LogP contribution in [0, 0.1) is 11.6 Å². The van der Waals surface area contributed by atoms with E-state index in [-0.39, 0.29) is 16.6 Å². The molecule has 0 spiro atoms. The number of hydrogen-bond acceptors (Lipinski definition) is 2. The van der Waals surface area contributed by atoms with E-state index in [1.165, 1.54) is 25.0 Å². The summed E-state index contributed by atoms with van der Waals surface area (Å²) in [4.78, 5) is 0. The van der Waals surface area contributed by atoms with Gasteiger partial charge in [0, 0.05) is 12.6 Å². The molecule has 1 fully saturated rings. The Morgan fingerprint density at radius 2 is 2.16 bits per heavy atom. The lowest BCUT2D eigenvalue weighted by molar-refractivity contribution is 0.104. The summed E-state index contributed by atoms with van der Waals surface area (Å²) < 4.78 is 32.8. The Morgan fingerprint density at radius 3 is 2.89 bits per heavy atom. The minimum Gasteiger partial charge on any atom is -0.376 e. The molecule has 1 heterocycles. The molecule has 0 amide bonds. The van der Waals surface area contributed by atoms with Gasteiger partial charge in [-0.25, -0.2) is 8.78 Å². The predicted octanol–water partition coefficient (Wildman–Crippen LogP) is 3.78. The highest BCUT2D eigenvalue weighted by molar-refractivity contribution is 9.10. The molecule has 2 nitrogen and oxygen atoms in total. The first-order valence-corrected chi connectivity index (χ1v) is 7.41. The molecule has 2 rings (SSSR count). The SMILES string of the molecule is Fc1ccc(Br)c(F)c1COCCC1CCCCN1. The molecule has 1 aliphatic heterocycles. The summed E-state index contributed by atoms with van der Waals surface area (Å²) in [5.41, 5.74) is -0.00835. The van der Waals surface area contributed by atoms with Gasteiger partial charge in [-0.05, 0) is 53.9 Å². The monoisotopic (exact) mass is 333 g/mol. The van der Waals surface area contributed by atoms with Crippen molar-refractivity contribution < 1.29 is 13.5 Å². The van der Waals surface area contributed by atoms with Gasteiger partial charge in [-0.2, -0.15) is 0 Å². The quantitative estimate of drug-likeness (QED) is 0.654. The minimum absolute atomic E-state index is 0.00835. The predicted molar refractivity (Wildman–Crippen MR) is 74.0 cm³/mol. The highest BCUT2D eigenvalue weighted by Gasteiger charge is 2.14. The Balaban J connectivity index is 1.77. The zero-order valence-corrected chi connectivity index (χ0v) is 12.3. The second-order valence-corrected chi connectivity index (χ2v) is 5.66. The van der Waals surface area contributed by atoms with Crippen LogP contribution >= 0.6 is 15.9 Å². The highest BCUT2D eigenvalue weighted by Crippen LogP contribution is 2.22. The third kappa shape index (κ3) is 4.23. The molecule has 5 heteroatoms. The van der Waals surface area contributed by atoms with Crippen molar-refractivity contribution in [3.05, 3.63) is 33.8 Å². The number of rotatable bonds is 5. The van der Waals surface area contributed by atoms with Crippen LogP contribution in [0.3, 0.4) is 0 Å². The fraction of sp³-hybridized carbons (Fsp3) is 0.571. The molecule has 0 radical (unpaired) electrons. The third-order valence-electron chi connectivity index (χ3n) is 3.41. The summed E-state index contributed by atoms with van der Waals surface area (Å²) in [5, 5.41) is 3.41. The van der Waals surface area contributed by atoms with E-state index in [4.69, 9.17) is 4.74 Å². The molecule has 1 aromatic rings. The Kier molecular flexibility index (Phi) is 5.73. The van der Waals surface area contributed by atoms with Crippen LogP contribution in [0.2, 0.25) is 0 Å². The van der Waals surface area contributed by atoms with Gasteiger partial charge >= 0.3 is 0 Å². The molecule has 1 aliphatic rings. The van der Waals surface area contributed by atoms with Crippen molar-refractivity contribution in [3.63, 3.8) is 0 Å². The molecule has 0 aromatic heterocycles. The lowest BCUT2D eigenvalue weighted by atomic mass is 10.0. The normalized spacial score (nSPS) is 19.6. The van der Waals surface area contributed by atoms with E-state index in [1.807, 2.05) is 0 Å². The van der Waals surface area contributed by atoms with E-state index in [0.29, 0.717) is 12.6 Å². The van der Waals surface area contributed by atoms with Crippen molar-refractivity contribution in [3.8, 4) is 0 Å². The Bertz CT molecular complexity index is 422. The van der Waals surface area contributed by atoms with Crippen LogP contribution in [0.5, 0.6) is 0 Å². The average molecular weight is 334 g/mol. The van der Waals surface area contributed by atoms with Gasteiger partial charge in [0.1, 0.15) is 11.6 Å². The highest BCUT2D eigenvalue weighted by atomic mass is 79.9. The van der Waals surface area contributed by atoms with Crippen LogP contribution in [-0.2, 0) is 11.3 Å². The second-order valence-electron chi connectivity index (χ2n) is 4.81. The van der Waals surface area contributed by atoms with Gasteiger partial charge in [0.15, 0.2) is 0 Å². The third-order valence-corrected chi connectivity index (χ3v) is 4.02. The largest absolute Gasteiger partial charge is 0.376 e. The summed E-state index contributed by atoms with van der Waals surface area (Å²) in [7, 11) is 0. The van der Waals surface area contributed by atoms with Gasteiger partial charge < -0.3 is 10.1 Å². The van der Waals surface area contributed by atoms with Crippen LogP contribution in [0.4, 0.5) is 8.78 Å². The first-order valence-electron chi connectivity index (χ1n) is 6.62. The maximum atomic E-state index is 13.7. The zero-order valence-electron chi connectivity index (χ0n) is 10.7. The number of halogens is 3. The molecule has 1 atom stereocenters. The number of piperidine rings is 1. The number of ether oxygens (including phenoxy) is 1. The fourth-order valence-electron chi connectivity index (χ4n) is 2.27. The maximum absolute atomic E-state index is 13.7. The van der Waals surface area contributed by atoms with Crippen molar-refractivity contribution >= 4 is 15.9 Å². The molecule has 1 saturated heterocycles. The Morgan fingerprint density at radius 1 is 1.32 bits per heavy atom. The molecule has 0 saturated carbocycles. The zero-order chi connectivity index (χ0) is 13.7. The molecular weight excluding hydrogens is 316 g/mol. The fourth-order valence-corrected chi connectivity index (χ4v) is 2.64. The van der Waals surface area contributed by atoms with Crippen molar-refractivity contribution in [2.45, 2.75) is 38.3 Å². The van der Waals surface area contributed by atoms with Crippen LogP contribution in [0.15, 0.2) is 16.6 Å². The first kappa shape index (κ1) is 14.9. The van der Waals surface area contributed by atoms with Gasteiger partial charge in [-0.1, -0.05) is 6.42 Å². The second kappa shape index (κ2) is 7.31. The van der Waals surface area contributed by atoms with Gasteiger partial charge in [-0.15, -0.1) is 0 Å². The van der Waals surface area contributed by atoms with Crippen LogP contribution in [0.25, 0.3) is 0 Å². The van der Waals surface area contributed by atoms with Crippen LogP contribution < -0.4 is 5.32 Å². The van der Waals surface area contributed by atoms with Gasteiger partial charge in [-0.3, -0.25) is 0 Å². The summed E-state index contributed by atoms with van der Waals surface area (Å²) >= 11 is 3.04. The van der Waals surface area contributed by atoms with Crippen LogP contribution in [0.1, 0.15) is 31.2 Å². The molecule has 1 aromatic carbocycles. The van der Waals surface area contributed by atoms with Gasteiger partial charge in [0.25, 0.3) is 0 Å². The number of benzene rings is 1. The molecular formula is C14H18BrF2NO. The molecule has 0 bridgehead atoms. The standard InChI is InChI=1S/C14H18BrF2NO/c15-12-4-5-13(16)11(14(12)17)9-19-8-6-10-3-1-2-7-18-10/h4-5,10,18H,1-3,6-9H2. The lowest BCUT2D eigenvalue weighted by Crippen LogP contribution is -2.34. The van der Waals surface area contributed by atoms with E-state index < -0.39 is 11.6 Å². The van der Waals surface area contributed by atoms with Crippen molar-refractivity contribution in [2.75, 3.05) is 13.2 Å². The molecule has 1 N–H and O–H groups in total. The molecule has 1 unspecified atom stereocenters. The summed E-state index contributed by atoms with van der Waals surface area (Å²) in [6.07, 6.45) is 4.51. The van der Waals surface area contributed by atoms with E-state index in [0.717, 1.165) is 19.4 Å². The van der Waals surface area contributed by atoms with E-state index in [1.54, 1.807) is 0 Å². The maximum Gasteiger partial charge on any atom is 0.145 e. The smallest absolute Gasteiger partial charge is 0.145 e. The van der Waals surface area contributed by atoms with Gasteiger partial charge in [0.05, 0.1) is 16.6 Å². The first-order chi connectivity index (χ1) is 9.18. The Hall–Kier alpha value is -0.520. The van der Waals surface area contributed by atoms with Crippen molar-refractivity contribution in [1.82, 2.24) is 5.32 Å². The lowest BCUT2D eigenvalue weighted by Gasteiger charge is -2.23. The summed E-state index contributed by atoms with van der Waals surface area (Å²) in [5.74, 6) is -1.13. The van der Waals surface area contributed by atoms with Gasteiger partial charge in [0.2, 0.25) is 0 Å². The molecule has 19 heavy (non-hydrogen) atoms. The molecule has 0 aliphatic carbocycles. The topological polar surface area (TPSA) is 21.3 Å². The minimum atomic E-state index is -0.573. The van der Waals surface area contributed by atoms with Crippen molar-refractivity contribution in [1.29, 1.82) is 0 Å². The molecule has 106 valence electrons. The average Bonchev–Trinajstić information content (AvgIpc) is 2.43. The van der Waals surface area contributed by atoms with E-state index in [9.17, 15) is 8.78 Å². The number of hydrogen-bond donors (Lipinski definition) is 1. The van der Waals surface area contributed by atoms with E-state index in [2.05, 4.69) is 21.2 Å². The van der Waals surface area contributed by atoms with Crippen LogP contribution in [-0.4, -0.2) is 19.2 Å².